The Balaban J connectivity index is 2.39. The predicted octanol–water partition coefficient (Wildman–Crippen LogP) is 2.60. The number of hydrogen-bond donors (Lipinski definition) is 3. The molecule has 0 aromatic heterocycles. The summed E-state index contributed by atoms with van der Waals surface area (Å²) in [4.78, 5) is 12.0. The molecule has 0 saturated carbocycles. The van der Waals surface area contributed by atoms with Crippen LogP contribution in [0.2, 0.25) is 0 Å². The SMILES string of the molecule is CCCCCNC(=S)NNC(=O)c1cc(C)ccc1C. The van der Waals surface area contributed by atoms with Gasteiger partial charge in [-0.2, -0.15) is 0 Å². The molecule has 0 bridgehead atoms. The van der Waals surface area contributed by atoms with Crippen LogP contribution in [0.15, 0.2) is 18.2 Å². The highest BCUT2D eigenvalue weighted by Gasteiger charge is 2.08. The van der Waals surface area contributed by atoms with Crippen molar-refractivity contribution in [1.29, 1.82) is 0 Å². The minimum Gasteiger partial charge on any atom is -0.361 e. The predicted molar refractivity (Wildman–Crippen MR) is 86.6 cm³/mol. The molecule has 0 heterocycles. The Morgan fingerprint density at radius 2 is 1.95 bits per heavy atom. The largest absolute Gasteiger partial charge is 0.361 e. The molecule has 0 aliphatic rings. The minimum atomic E-state index is -0.177. The normalized spacial score (nSPS) is 9.95. The van der Waals surface area contributed by atoms with Gasteiger partial charge >= 0.3 is 0 Å². The monoisotopic (exact) mass is 293 g/mol. The second kappa shape index (κ2) is 8.53. The molecule has 4 nitrogen and oxygen atoms in total. The average molecular weight is 293 g/mol. The van der Waals surface area contributed by atoms with Crippen LogP contribution in [-0.4, -0.2) is 17.6 Å². The molecule has 1 amide bonds. The van der Waals surface area contributed by atoms with Crippen molar-refractivity contribution in [2.45, 2.75) is 40.0 Å². The van der Waals surface area contributed by atoms with Crippen molar-refractivity contribution in [3.63, 3.8) is 0 Å². The van der Waals surface area contributed by atoms with E-state index in [2.05, 4.69) is 23.1 Å². The fourth-order valence-corrected chi connectivity index (χ4v) is 1.94. The lowest BCUT2D eigenvalue weighted by Gasteiger charge is -2.12. The highest BCUT2D eigenvalue weighted by molar-refractivity contribution is 7.80. The standard InChI is InChI=1S/C15H23N3OS/c1-4-5-6-9-16-15(20)18-17-14(19)13-10-11(2)7-8-12(13)3/h7-8,10H,4-6,9H2,1-3H3,(H,17,19)(H2,16,18,20). The first-order valence-corrected chi connectivity index (χ1v) is 7.37. The molecule has 0 saturated heterocycles. The number of benzene rings is 1. The molecule has 0 radical (unpaired) electrons. The molecule has 0 unspecified atom stereocenters. The zero-order valence-electron chi connectivity index (χ0n) is 12.4. The van der Waals surface area contributed by atoms with Crippen LogP contribution in [0.5, 0.6) is 0 Å². The quantitative estimate of drug-likeness (QED) is 0.444. The summed E-state index contributed by atoms with van der Waals surface area (Å²) in [6.45, 7) is 6.85. The van der Waals surface area contributed by atoms with Gasteiger partial charge in [-0.25, -0.2) is 0 Å². The van der Waals surface area contributed by atoms with Crippen molar-refractivity contribution >= 4 is 23.2 Å². The van der Waals surface area contributed by atoms with Gasteiger partial charge in [0, 0.05) is 12.1 Å². The van der Waals surface area contributed by atoms with Crippen LogP contribution < -0.4 is 16.2 Å². The van der Waals surface area contributed by atoms with E-state index in [1.807, 2.05) is 32.0 Å². The molecule has 0 atom stereocenters. The summed E-state index contributed by atoms with van der Waals surface area (Å²) in [5.41, 5.74) is 8.00. The lowest BCUT2D eigenvalue weighted by Crippen LogP contribution is -2.47. The van der Waals surface area contributed by atoms with E-state index in [1.165, 1.54) is 12.8 Å². The minimum absolute atomic E-state index is 0.177. The Labute approximate surface area is 126 Å². The van der Waals surface area contributed by atoms with Crippen LogP contribution in [0.25, 0.3) is 0 Å². The maximum absolute atomic E-state index is 12.0. The molecule has 0 spiro atoms. The molecule has 3 N–H and O–H groups in total. The molecular formula is C15H23N3OS. The third-order valence-electron chi connectivity index (χ3n) is 2.99. The Bertz CT molecular complexity index is 474. The molecule has 20 heavy (non-hydrogen) atoms. The lowest BCUT2D eigenvalue weighted by atomic mass is 10.1. The number of unbranched alkanes of at least 4 members (excludes halogenated alkanes) is 2. The maximum Gasteiger partial charge on any atom is 0.269 e. The third kappa shape index (κ3) is 5.57. The maximum atomic E-state index is 12.0. The summed E-state index contributed by atoms with van der Waals surface area (Å²) in [6.07, 6.45) is 3.42. The van der Waals surface area contributed by atoms with Crippen LogP contribution in [0.3, 0.4) is 0 Å². The first-order valence-electron chi connectivity index (χ1n) is 6.96. The number of carbonyl (C=O) groups is 1. The van der Waals surface area contributed by atoms with Gasteiger partial charge in [0.1, 0.15) is 0 Å². The molecule has 0 fully saturated rings. The number of hydrogen-bond acceptors (Lipinski definition) is 2. The topological polar surface area (TPSA) is 53.2 Å². The summed E-state index contributed by atoms with van der Waals surface area (Å²) < 4.78 is 0. The number of thiocarbonyl (C=S) groups is 1. The summed E-state index contributed by atoms with van der Waals surface area (Å²) in [7, 11) is 0. The molecule has 1 rings (SSSR count). The van der Waals surface area contributed by atoms with Gasteiger partial charge in [-0.1, -0.05) is 37.5 Å². The van der Waals surface area contributed by atoms with E-state index in [-0.39, 0.29) is 5.91 Å². The van der Waals surface area contributed by atoms with Crippen LogP contribution in [0.1, 0.15) is 47.7 Å². The number of aryl methyl sites for hydroxylation is 2. The van der Waals surface area contributed by atoms with E-state index in [1.54, 1.807) is 0 Å². The lowest BCUT2D eigenvalue weighted by molar-refractivity contribution is 0.0943. The Hall–Kier alpha value is -1.62. The van der Waals surface area contributed by atoms with E-state index >= 15 is 0 Å². The molecule has 5 heteroatoms. The smallest absolute Gasteiger partial charge is 0.269 e. The third-order valence-corrected chi connectivity index (χ3v) is 3.24. The van der Waals surface area contributed by atoms with Crippen molar-refractivity contribution < 1.29 is 4.79 Å². The van der Waals surface area contributed by atoms with Crippen LogP contribution in [-0.2, 0) is 0 Å². The van der Waals surface area contributed by atoms with Crippen LogP contribution in [0.4, 0.5) is 0 Å². The number of rotatable bonds is 5. The zero-order chi connectivity index (χ0) is 15.0. The number of hydrazine groups is 1. The van der Waals surface area contributed by atoms with Gasteiger partial charge < -0.3 is 5.32 Å². The Morgan fingerprint density at radius 1 is 1.20 bits per heavy atom. The van der Waals surface area contributed by atoms with E-state index in [0.717, 1.165) is 24.1 Å². The van der Waals surface area contributed by atoms with Gasteiger partial charge in [0.25, 0.3) is 5.91 Å². The number of carbonyl (C=O) groups excluding carboxylic acids is 1. The van der Waals surface area contributed by atoms with Gasteiger partial charge in [0.15, 0.2) is 5.11 Å². The molecule has 110 valence electrons. The molecular weight excluding hydrogens is 270 g/mol. The van der Waals surface area contributed by atoms with Gasteiger partial charge in [-0.05, 0) is 44.1 Å². The molecule has 1 aromatic rings. The van der Waals surface area contributed by atoms with Crippen molar-refractivity contribution in [3.05, 3.63) is 34.9 Å². The van der Waals surface area contributed by atoms with E-state index in [9.17, 15) is 4.79 Å². The van der Waals surface area contributed by atoms with Crippen molar-refractivity contribution in [1.82, 2.24) is 16.2 Å². The van der Waals surface area contributed by atoms with Crippen LogP contribution >= 0.6 is 12.2 Å². The van der Waals surface area contributed by atoms with Crippen molar-refractivity contribution in [2.75, 3.05) is 6.54 Å². The molecule has 0 aliphatic carbocycles. The van der Waals surface area contributed by atoms with E-state index in [4.69, 9.17) is 12.2 Å². The fraction of sp³-hybridized carbons (Fsp3) is 0.467. The average Bonchev–Trinajstić information content (AvgIpc) is 2.43. The Kier molecular flexibility index (Phi) is 7.01. The highest BCUT2D eigenvalue weighted by atomic mass is 32.1. The summed E-state index contributed by atoms with van der Waals surface area (Å²) in [5, 5.41) is 3.50. The molecule has 1 aromatic carbocycles. The number of amides is 1. The first kappa shape index (κ1) is 16.4. The van der Waals surface area contributed by atoms with Gasteiger partial charge in [0.2, 0.25) is 0 Å². The fourth-order valence-electron chi connectivity index (χ4n) is 1.78. The second-order valence-electron chi connectivity index (χ2n) is 4.86. The molecule has 0 aliphatic heterocycles. The van der Waals surface area contributed by atoms with Gasteiger partial charge in [0.05, 0.1) is 0 Å². The zero-order valence-corrected chi connectivity index (χ0v) is 13.2. The van der Waals surface area contributed by atoms with E-state index in [0.29, 0.717) is 10.7 Å². The van der Waals surface area contributed by atoms with Crippen molar-refractivity contribution in [3.8, 4) is 0 Å². The van der Waals surface area contributed by atoms with Crippen molar-refractivity contribution in [2.24, 2.45) is 0 Å². The number of nitrogens with one attached hydrogen (secondary N) is 3. The van der Waals surface area contributed by atoms with Gasteiger partial charge in [-0.15, -0.1) is 0 Å². The van der Waals surface area contributed by atoms with Gasteiger partial charge in [-0.3, -0.25) is 15.6 Å². The highest BCUT2D eigenvalue weighted by Crippen LogP contribution is 2.09. The summed E-state index contributed by atoms with van der Waals surface area (Å²) >= 11 is 5.09. The summed E-state index contributed by atoms with van der Waals surface area (Å²) in [6, 6.07) is 5.79. The van der Waals surface area contributed by atoms with Crippen LogP contribution in [0, 0.1) is 13.8 Å². The first-order chi connectivity index (χ1) is 9.54. The summed E-state index contributed by atoms with van der Waals surface area (Å²) in [5.74, 6) is -0.177. The van der Waals surface area contributed by atoms with E-state index < -0.39 is 0 Å². The Morgan fingerprint density at radius 3 is 2.65 bits per heavy atom. The second-order valence-corrected chi connectivity index (χ2v) is 5.27.